The second-order valence-corrected chi connectivity index (χ2v) is 9.85. The Morgan fingerprint density at radius 2 is 2.19 bits per heavy atom. The molecule has 2 fully saturated rings. The number of likely N-dealkylation sites (tertiary alicyclic amines) is 1. The van der Waals surface area contributed by atoms with Gasteiger partial charge in [-0.3, -0.25) is 4.79 Å². The summed E-state index contributed by atoms with van der Waals surface area (Å²) in [4.78, 5) is 27.7. The summed E-state index contributed by atoms with van der Waals surface area (Å²) in [6.45, 7) is 2.46. The van der Waals surface area contributed by atoms with E-state index >= 15 is 0 Å². The molecule has 8 nitrogen and oxygen atoms in total. The van der Waals surface area contributed by atoms with E-state index in [1.54, 1.807) is 11.3 Å². The van der Waals surface area contributed by atoms with E-state index in [9.17, 15) is 4.79 Å². The fourth-order valence-corrected chi connectivity index (χ4v) is 6.45. The van der Waals surface area contributed by atoms with Gasteiger partial charge in [0.15, 0.2) is 0 Å². The van der Waals surface area contributed by atoms with Gasteiger partial charge < -0.3 is 25.0 Å². The second kappa shape index (κ2) is 7.58. The van der Waals surface area contributed by atoms with Crippen LogP contribution in [0.2, 0.25) is 0 Å². The minimum atomic E-state index is -0.393. The van der Waals surface area contributed by atoms with E-state index in [4.69, 9.17) is 14.8 Å². The summed E-state index contributed by atoms with van der Waals surface area (Å²) in [5.74, 6) is 0.828. The predicted molar refractivity (Wildman–Crippen MR) is 118 cm³/mol. The average Bonchev–Trinajstić information content (AvgIpc) is 3.54. The van der Waals surface area contributed by atoms with Crippen LogP contribution >= 0.6 is 11.3 Å². The molecule has 0 spiro atoms. The number of carbonyl (C=O) groups is 1. The van der Waals surface area contributed by atoms with E-state index in [-0.39, 0.29) is 5.91 Å². The molecule has 0 aromatic carbocycles. The van der Waals surface area contributed by atoms with Gasteiger partial charge in [0, 0.05) is 48.2 Å². The number of pyridine rings is 1. The molecular formula is C22H25N5O3S. The third-order valence-corrected chi connectivity index (χ3v) is 8.09. The summed E-state index contributed by atoms with van der Waals surface area (Å²) in [6, 6.07) is 2.42. The first-order valence-corrected chi connectivity index (χ1v) is 11.7. The van der Waals surface area contributed by atoms with Crippen LogP contribution in [0.25, 0.3) is 21.6 Å². The minimum Gasteiger partial charge on any atom is -0.387 e. The number of aliphatic hydroxyl groups is 1. The Hall–Kier alpha value is -2.49. The number of thiazole rings is 1. The van der Waals surface area contributed by atoms with Crippen LogP contribution in [-0.2, 0) is 22.6 Å². The smallest absolute Gasteiger partial charge is 0.248 e. The van der Waals surface area contributed by atoms with Crippen molar-refractivity contribution in [3.05, 3.63) is 29.0 Å². The van der Waals surface area contributed by atoms with Crippen LogP contribution in [0.5, 0.6) is 0 Å². The maximum atomic E-state index is 11.9. The molecule has 3 N–H and O–H groups in total. The number of fused-ring (bicyclic) bond motifs is 3. The Morgan fingerprint density at radius 3 is 2.97 bits per heavy atom. The lowest BCUT2D eigenvalue weighted by molar-refractivity contribution is -0.133. The van der Waals surface area contributed by atoms with E-state index < -0.39 is 6.61 Å². The highest BCUT2D eigenvalue weighted by Gasteiger charge is 2.42. The average molecular weight is 440 g/mol. The zero-order valence-electron chi connectivity index (χ0n) is 17.1. The molecule has 1 saturated carbocycles. The zero-order valence-corrected chi connectivity index (χ0v) is 18.0. The molecular weight excluding hydrogens is 414 g/mol. The summed E-state index contributed by atoms with van der Waals surface area (Å²) >= 11 is 1.75. The largest absolute Gasteiger partial charge is 0.387 e. The molecule has 162 valence electrons. The molecule has 3 aliphatic rings. The number of hydrogen-bond acceptors (Lipinski definition) is 7. The van der Waals surface area contributed by atoms with Crippen LogP contribution in [0.4, 0.5) is 5.69 Å². The molecule has 1 aliphatic carbocycles. The Labute approximate surface area is 183 Å². The first-order valence-electron chi connectivity index (χ1n) is 10.9. The highest BCUT2D eigenvalue weighted by Crippen LogP contribution is 2.43. The van der Waals surface area contributed by atoms with Crippen LogP contribution in [-0.4, -0.2) is 63.2 Å². The number of hydrogen-bond donors (Lipinski definition) is 3. The van der Waals surface area contributed by atoms with Gasteiger partial charge in [-0.05, 0) is 30.7 Å². The van der Waals surface area contributed by atoms with Crippen molar-refractivity contribution in [3.8, 4) is 10.6 Å². The van der Waals surface area contributed by atoms with Crippen molar-refractivity contribution in [2.45, 2.75) is 31.9 Å². The highest BCUT2D eigenvalue weighted by molar-refractivity contribution is 7.15. The van der Waals surface area contributed by atoms with Gasteiger partial charge in [0.25, 0.3) is 0 Å². The number of nitrogens with one attached hydrogen (secondary N) is 2. The van der Waals surface area contributed by atoms with Crippen molar-refractivity contribution in [1.29, 1.82) is 0 Å². The number of aromatic amines is 1. The van der Waals surface area contributed by atoms with Crippen molar-refractivity contribution in [1.82, 2.24) is 19.9 Å². The molecule has 2 aliphatic heterocycles. The molecule has 0 bridgehead atoms. The maximum Gasteiger partial charge on any atom is 0.248 e. The lowest BCUT2D eigenvalue weighted by atomic mass is 10.0. The number of aromatic nitrogens is 3. The van der Waals surface area contributed by atoms with Gasteiger partial charge in [0.1, 0.15) is 17.3 Å². The standard InChI is InChI=1S/C22H25N5O3S/c28-10-19(29)27-8-12-5-14(6-13(12)9-27)25-20-15-1-3-23-21(15)24-7-16(20)22-26-17-11-30-4-2-18(17)31-22/h1,3,7,12-14,28H,2,4-6,8-11H2,(H2,23,24,25)/t12-,13+,14?. The lowest BCUT2D eigenvalue weighted by Gasteiger charge is -2.21. The number of amides is 1. The quantitative estimate of drug-likeness (QED) is 0.577. The van der Waals surface area contributed by atoms with Gasteiger partial charge >= 0.3 is 0 Å². The fraction of sp³-hybridized carbons (Fsp3) is 0.500. The molecule has 6 rings (SSSR count). The minimum absolute atomic E-state index is 0.152. The second-order valence-electron chi connectivity index (χ2n) is 8.77. The zero-order chi connectivity index (χ0) is 20.9. The van der Waals surface area contributed by atoms with Crippen LogP contribution in [0.1, 0.15) is 23.4 Å². The normalized spacial score (nSPS) is 25.1. The first-order chi connectivity index (χ1) is 15.2. The van der Waals surface area contributed by atoms with Crippen LogP contribution < -0.4 is 5.32 Å². The number of anilines is 1. The number of H-pyrrole nitrogens is 1. The topological polar surface area (TPSA) is 103 Å². The molecule has 3 aromatic heterocycles. The predicted octanol–water partition coefficient (Wildman–Crippen LogP) is 2.40. The molecule has 9 heteroatoms. The van der Waals surface area contributed by atoms with Crippen LogP contribution in [0.3, 0.4) is 0 Å². The van der Waals surface area contributed by atoms with E-state index in [1.807, 2.05) is 17.3 Å². The van der Waals surface area contributed by atoms with Gasteiger partial charge in [-0.1, -0.05) is 0 Å². The molecule has 1 saturated heterocycles. The van der Waals surface area contributed by atoms with Crippen molar-refractivity contribution >= 4 is 34.0 Å². The number of aliphatic hydroxyl groups excluding tert-OH is 1. The Bertz CT molecular complexity index is 1100. The highest BCUT2D eigenvalue weighted by atomic mass is 32.1. The fourth-order valence-electron chi connectivity index (χ4n) is 5.39. The van der Waals surface area contributed by atoms with E-state index in [0.29, 0.717) is 24.5 Å². The third kappa shape index (κ3) is 3.31. The Kier molecular flexibility index (Phi) is 4.70. The van der Waals surface area contributed by atoms with Crippen LogP contribution in [0, 0.1) is 11.8 Å². The number of ether oxygens (including phenoxy) is 1. The lowest BCUT2D eigenvalue weighted by Crippen LogP contribution is -2.33. The van der Waals surface area contributed by atoms with Crippen molar-refractivity contribution in [2.24, 2.45) is 11.8 Å². The first kappa shape index (κ1) is 19.2. The number of nitrogens with zero attached hydrogens (tertiary/aromatic N) is 3. The summed E-state index contributed by atoms with van der Waals surface area (Å²) in [5, 5.41) is 15.1. The maximum absolute atomic E-state index is 11.9. The van der Waals surface area contributed by atoms with Crippen molar-refractivity contribution < 1.29 is 14.6 Å². The summed E-state index contributed by atoms with van der Waals surface area (Å²) in [5.41, 5.74) is 4.05. The van der Waals surface area contributed by atoms with Crippen molar-refractivity contribution in [2.75, 3.05) is 31.6 Å². The molecule has 0 radical (unpaired) electrons. The van der Waals surface area contributed by atoms with Gasteiger partial charge in [0.2, 0.25) is 5.91 Å². The van der Waals surface area contributed by atoms with Crippen LogP contribution in [0.15, 0.2) is 18.5 Å². The summed E-state index contributed by atoms with van der Waals surface area (Å²) in [6.07, 6.45) is 6.81. The summed E-state index contributed by atoms with van der Waals surface area (Å²) in [7, 11) is 0. The molecule has 31 heavy (non-hydrogen) atoms. The van der Waals surface area contributed by atoms with Gasteiger partial charge in [-0.15, -0.1) is 11.3 Å². The Morgan fingerprint density at radius 1 is 1.35 bits per heavy atom. The van der Waals surface area contributed by atoms with Crippen molar-refractivity contribution in [3.63, 3.8) is 0 Å². The number of rotatable bonds is 4. The SMILES string of the molecule is O=C(CO)N1C[C@H]2CC(Nc3c(-c4nc5c(s4)CCOC5)cnc4[nH]ccc34)C[C@H]2C1. The van der Waals surface area contributed by atoms with E-state index in [1.165, 1.54) is 4.88 Å². The van der Waals surface area contributed by atoms with Gasteiger partial charge in [-0.2, -0.15) is 0 Å². The Balaban J connectivity index is 1.29. The monoisotopic (exact) mass is 439 g/mol. The number of carbonyl (C=O) groups excluding carboxylic acids is 1. The molecule has 5 heterocycles. The van der Waals surface area contributed by atoms with Gasteiger partial charge in [-0.25, -0.2) is 9.97 Å². The molecule has 3 aromatic rings. The molecule has 1 unspecified atom stereocenters. The van der Waals surface area contributed by atoms with E-state index in [0.717, 1.165) is 71.9 Å². The summed E-state index contributed by atoms with van der Waals surface area (Å²) < 4.78 is 5.58. The van der Waals surface area contributed by atoms with Gasteiger partial charge in [0.05, 0.1) is 30.2 Å². The third-order valence-electron chi connectivity index (χ3n) is 6.89. The molecule has 3 atom stereocenters. The van der Waals surface area contributed by atoms with E-state index in [2.05, 4.69) is 21.4 Å². The molecule has 1 amide bonds.